The van der Waals surface area contributed by atoms with Gasteiger partial charge in [-0.2, -0.15) is 4.31 Å². The molecule has 1 saturated heterocycles. The summed E-state index contributed by atoms with van der Waals surface area (Å²) < 4.78 is 32.3. The van der Waals surface area contributed by atoms with Gasteiger partial charge in [0.15, 0.2) is 0 Å². The molecule has 142 valence electrons. The van der Waals surface area contributed by atoms with Crippen LogP contribution < -0.4 is 9.64 Å². The second kappa shape index (κ2) is 6.86. The fourth-order valence-corrected chi connectivity index (χ4v) is 4.72. The molecule has 1 fully saturated rings. The van der Waals surface area contributed by atoms with Crippen molar-refractivity contribution in [2.75, 3.05) is 38.2 Å². The van der Waals surface area contributed by atoms with E-state index in [0.29, 0.717) is 31.9 Å². The fourth-order valence-electron chi connectivity index (χ4n) is 3.30. The van der Waals surface area contributed by atoms with E-state index in [-0.39, 0.29) is 4.90 Å². The molecule has 2 heterocycles. The van der Waals surface area contributed by atoms with Gasteiger partial charge in [-0.05, 0) is 48.9 Å². The molecule has 0 spiro atoms. The largest absolute Gasteiger partial charge is 0.497 e. The zero-order chi connectivity index (χ0) is 19.0. The van der Waals surface area contributed by atoms with E-state index in [1.54, 1.807) is 31.4 Å². The van der Waals surface area contributed by atoms with Crippen LogP contribution >= 0.6 is 0 Å². The second-order valence-corrected chi connectivity index (χ2v) is 8.59. The van der Waals surface area contributed by atoms with Gasteiger partial charge in [0.05, 0.1) is 23.0 Å². The number of aromatic amines is 1. The molecule has 0 saturated carbocycles. The van der Waals surface area contributed by atoms with Gasteiger partial charge >= 0.3 is 0 Å². The fraction of sp³-hybridized carbons (Fsp3) is 0.316. The predicted molar refractivity (Wildman–Crippen MR) is 105 cm³/mol. The third-order valence-corrected chi connectivity index (χ3v) is 6.77. The Bertz CT molecular complexity index is 1050. The lowest BCUT2D eigenvalue weighted by Crippen LogP contribution is -2.49. The molecule has 0 amide bonds. The minimum atomic E-state index is -3.50. The number of nitrogens with one attached hydrogen (secondary N) is 1. The van der Waals surface area contributed by atoms with Crippen LogP contribution in [0.5, 0.6) is 5.75 Å². The Kier molecular flexibility index (Phi) is 4.53. The highest BCUT2D eigenvalue weighted by Gasteiger charge is 2.29. The molecule has 1 aromatic heterocycles. The van der Waals surface area contributed by atoms with Crippen LogP contribution in [0.3, 0.4) is 0 Å². The van der Waals surface area contributed by atoms with E-state index in [4.69, 9.17) is 4.74 Å². The first-order valence-corrected chi connectivity index (χ1v) is 10.3. The Hall–Kier alpha value is -2.58. The number of imidazole rings is 1. The van der Waals surface area contributed by atoms with Gasteiger partial charge in [-0.1, -0.05) is 6.07 Å². The number of aryl methyl sites for hydroxylation is 1. The molecular weight excluding hydrogens is 364 g/mol. The van der Waals surface area contributed by atoms with Crippen LogP contribution in [0.15, 0.2) is 47.4 Å². The second-order valence-electron chi connectivity index (χ2n) is 6.65. The standard InChI is InChI=1S/C19H22N4O3S/c1-14-3-8-17-18(13-14)21-19(20-17)22-9-11-23(12-10-22)27(24,25)16-6-4-15(26-2)5-7-16/h3-8,13H,9-12H2,1-2H3,(H,20,21). The third kappa shape index (κ3) is 3.38. The predicted octanol–water partition coefficient (Wildman–Crippen LogP) is 2.39. The summed E-state index contributed by atoms with van der Waals surface area (Å²) in [4.78, 5) is 10.3. The van der Waals surface area contributed by atoms with E-state index >= 15 is 0 Å². The molecule has 27 heavy (non-hydrogen) atoms. The van der Waals surface area contributed by atoms with Gasteiger partial charge in [0.2, 0.25) is 16.0 Å². The lowest BCUT2D eigenvalue weighted by Gasteiger charge is -2.33. The number of aromatic nitrogens is 2. The molecule has 7 nitrogen and oxygen atoms in total. The van der Waals surface area contributed by atoms with Gasteiger partial charge in [-0.25, -0.2) is 13.4 Å². The van der Waals surface area contributed by atoms with E-state index in [1.807, 2.05) is 19.1 Å². The van der Waals surface area contributed by atoms with Crippen molar-refractivity contribution in [3.8, 4) is 5.75 Å². The van der Waals surface area contributed by atoms with Crippen LogP contribution in [-0.4, -0.2) is 56.0 Å². The maximum absolute atomic E-state index is 12.9. The third-order valence-electron chi connectivity index (χ3n) is 4.86. The zero-order valence-electron chi connectivity index (χ0n) is 15.3. The van der Waals surface area contributed by atoms with Gasteiger partial charge in [-0.15, -0.1) is 0 Å². The molecule has 1 N–H and O–H groups in total. The first kappa shape index (κ1) is 17.8. The number of hydrogen-bond donors (Lipinski definition) is 1. The summed E-state index contributed by atoms with van der Waals surface area (Å²) in [7, 11) is -1.94. The smallest absolute Gasteiger partial charge is 0.243 e. The summed E-state index contributed by atoms with van der Waals surface area (Å²) in [5, 5.41) is 0. The van der Waals surface area contributed by atoms with Crippen molar-refractivity contribution >= 4 is 27.0 Å². The van der Waals surface area contributed by atoms with Crippen LogP contribution in [0.4, 0.5) is 5.95 Å². The maximum Gasteiger partial charge on any atom is 0.243 e. The minimum absolute atomic E-state index is 0.288. The Morgan fingerprint density at radius 3 is 2.41 bits per heavy atom. The summed E-state index contributed by atoms with van der Waals surface area (Å²) in [6.07, 6.45) is 0. The van der Waals surface area contributed by atoms with Crippen LogP contribution in [0.2, 0.25) is 0 Å². The summed E-state index contributed by atoms with van der Waals surface area (Å²) in [5.74, 6) is 1.43. The van der Waals surface area contributed by atoms with Gasteiger partial charge in [-0.3, -0.25) is 0 Å². The summed E-state index contributed by atoms with van der Waals surface area (Å²) in [5.41, 5.74) is 3.09. The number of methoxy groups -OCH3 is 1. The highest BCUT2D eigenvalue weighted by Crippen LogP contribution is 2.23. The van der Waals surface area contributed by atoms with Crippen molar-refractivity contribution < 1.29 is 13.2 Å². The molecular formula is C19H22N4O3S. The number of piperazine rings is 1. The number of nitrogens with zero attached hydrogens (tertiary/aromatic N) is 3. The lowest BCUT2D eigenvalue weighted by atomic mass is 10.2. The lowest BCUT2D eigenvalue weighted by molar-refractivity contribution is 0.382. The maximum atomic E-state index is 12.9. The van der Waals surface area contributed by atoms with Crippen LogP contribution in [0.1, 0.15) is 5.56 Å². The van der Waals surface area contributed by atoms with Crippen molar-refractivity contribution in [2.45, 2.75) is 11.8 Å². The number of ether oxygens (including phenoxy) is 1. The average Bonchev–Trinajstić information content (AvgIpc) is 3.11. The minimum Gasteiger partial charge on any atom is -0.497 e. The van der Waals surface area contributed by atoms with Crippen LogP contribution in [0.25, 0.3) is 11.0 Å². The Balaban J connectivity index is 1.48. The molecule has 3 aromatic rings. The Morgan fingerprint density at radius 1 is 1.04 bits per heavy atom. The van der Waals surface area contributed by atoms with Crippen molar-refractivity contribution in [1.82, 2.24) is 14.3 Å². The number of fused-ring (bicyclic) bond motifs is 1. The molecule has 4 rings (SSSR count). The van der Waals surface area contributed by atoms with E-state index in [9.17, 15) is 8.42 Å². The number of anilines is 1. The highest BCUT2D eigenvalue weighted by atomic mass is 32.2. The van der Waals surface area contributed by atoms with E-state index in [0.717, 1.165) is 17.0 Å². The summed E-state index contributed by atoms with van der Waals surface area (Å²) in [6, 6.07) is 12.6. The average molecular weight is 386 g/mol. The van der Waals surface area contributed by atoms with Gasteiger partial charge in [0, 0.05) is 26.2 Å². The van der Waals surface area contributed by atoms with Crippen molar-refractivity contribution in [3.05, 3.63) is 48.0 Å². The number of sulfonamides is 1. The molecule has 2 aromatic carbocycles. The van der Waals surface area contributed by atoms with Crippen molar-refractivity contribution in [1.29, 1.82) is 0 Å². The normalized spacial score (nSPS) is 16.0. The highest BCUT2D eigenvalue weighted by molar-refractivity contribution is 7.89. The molecule has 0 bridgehead atoms. The molecule has 0 radical (unpaired) electrons. The van der Waals surface area contributed by atoms with Crippen LogP contribution in [0, 0.1) is 6.92 Å². The quantitative estimate of drug-likeness (QED) is 0.745. The summed E-state index contributed by atoms with van der Waals surface area (Å²) in [6.45, 7) is 4.07. The molecule has 0 atom stereocenters. The number of hydrogen-bond acceptors (Lipinski definition) is 5. The molecule has 1 aliphatic rings. The Morgan fingerprint density at radius 2 is 1.74 bits per heavy atom. The van der Waals surface area contributed by atoms with Crippen molar-refractivity contribution in [3.63, 3.8) is 0 Å². The number of rotatable bonds is 4. The summed E-state index contributed by atoms with van der Waals surface area (Å²) >= 11 is 0. The van der Waals surface area contributed by atoms with Gasteiger partial charge < -0.3 is 14.6 Å². The molecule has 1 aliphatic heterocycles. The van der Waals surface area contributed by atoms with Crippen molar-refractivity contribution in [2.24, 2.45) is 0 Å². The molecule has 0 unspecified atom stereocenters. The molecule has 0 aliphatic carbocycles. The van der Waals surface area contributed by atoms with Gasteiger partial charge in [0.1, 0.15) is 5.75 Å². The molecule has 8 heteroatoms. The van der Waals surface area contributed by atoms with E-state index < -0.39 is 10.0 Å². The SMILES string of the molecule is COc1ccc(S(=O)(=O)N2CCN(c3nc4ccc(C)cc4[nH]3)CC2)cc1. The van der Waals surface area contributed by atoms with Gasteiger partial charge in [0.25, 0.3) is 0 Å². The van der Waals surface area contributed by atoms with E-state index in [1.165, 1.54) is 9.87 Å². The Labute approximate surface area is 158 Å². The first-order valence-electron chi connectivity index (χ1n) is 8.83. The topological polar surface area (TPSA) is 78.5 Å². The number of benzene rings is 2. The zero-order valence-corrected chi connectivity index (χ0v) is 16.2. The monoisotopic (exact) mass is 386 g/mol. The van der Waals surface area contributed by atoms with E-state index in [2.05, 4.69) is 20.9 Å². The first-order chi connectivity index (χ1) is 13.0. The van der Waals surface area contributed by atoms with Crippen LogP contribution in [-0.2, 0) is 10.0 Å². The number of H-pyrrole nitrogens is 1.